The summed E-state index contributed by atoms with van der Waals surface area (Å²) in [7, 11) is 3.18. The van der Waals surface area contributed by atoms with E-state index in [2.05, 4.69) is 10.4 Å². The second-order valence-electron chi connectivity index (χ2n) is 8.04. The number of amides is 1. The van der Waals surface area contributed by atoms with E-state index in [1.54, 1.807) is 42.0 Å². The number of nitrogens with zero attached hydrogens (tertiary/aromatic N) is 4. The Labute approximate surface area is 208 Å². The first kappa shape index (κ1) is 22.9. The van der Waals surface area contributed by atoms with Crippen LogP contribution in [0, 0.1) is 0 Å². The summed E-state index contributed by atoms with van der Waals surface area (Å²) in [6.07, 6.45) is 5.36. The number of ether oxygens (including phenoxy) is 2. The van der Waals surface area contributed by atoms with Crippen molar-refractivity contribution in [2.24, 2.45) is 0 Å². The Morgan fingerprint density at radius 1 is 0.889 bits per heavy atom. The lowest BCUT2D eigenvalue weighted by molar-refractivity contribution is 0.0951. The van der Waals surface area contributed by atoms with Gasteiger partial charge in [0.1, 0.15) is 17.2 Å². The summed E-state index contributed by atoms with van der Waals surface area (Å²) in [6.45, 7) is 0.369. The van der Waals surface area contributed by atoms with Crippen LogP contribution in [0.5, 0.6) is 11.5 Å². The molecule has 1 N–H and O–H groups in total. The average Bonchev–Trinajstić information content (AvgIpc) is 3.63. The molecule has 8 heteroatoms. The van der Waals surface area contributed by atoms with Gasteiger partial charge in [-0.25, -0.2) is 9.36 Å². The van der Waals surface area contributed by atoms with Crippen molar-refractivity contribution < 1.29 is 14.3 Å². The Bertz CT molecular complexity index is 1460. The molecule has 2 aromatic heterocycles. The van der Waals surface area contributed by atoms with E-state index >= 15 is 0 Å². The maximum Gasteiger partial charge on any atom is 0.255 e. The number of benzene rings is 3. The molecule has 0 bridgehead atoms. The predicted molar refractivity (Wildman–Crippen MR) is 137 cm³/mol. The first-order valence-electron chi connectivity index (χ1n) is 11.4. The number of rotatable bonds is 8. The molecule has 0 atom stereocenters. The Balaban J connectivity index is 1.44. The molecule has 2 heterocycles. The number of carbonyl (C=O) groups is 1. The lowest BCUT2D eigenvalue weighted by Crippen LogP contribution is -2.23. The highest BCUT2D eigenvalue weighted by molar-refractivity contribution is 6.00. The van der Waals surface area contributed by atoms with Gasteiger partial charge >= 0.3 is 0 Å². The first-order chi connectivity index (χ1) is 17.7. The fraction of sp³-hybridized carbons (Fsp3) is 0.107. The van der Waals surface area contributed by atoms with E-state index in [9.17, 15) is 4.79 Å². The number of hydrogen-bond donors (Lipinski definition) is 1. The minimum Gasteiger partial charge on any atom is -0.497 e. The van der Waals surface area contributed by atoms with Gasteiger partial charge < -0.3 is 14.8 Å². The summed E-state index contributed by atoms with van der Waals surface area (Å²) in [5.41, 5.74) is 4.42. The molecule has 180 valence electrons. The van der Waals surface area contributed by atoms with Crippen LogP contribution in [0.4, 0.5) is 0 Å². The van der Waals surface area contributed by atoms with Gasteiger partial charge in [-0.2, -0.15) is 10.2 Å². The molecule has 0 unspecified atom stereocenters. The summed E-state index contributed by atoms with van der Waals surface area (Å²) < 4.78 is 14.4. The zero-order valence-corrected chi connectivity index (χ0v) is 20.0. The largest absolute Gasteiger partial charge is 0.497 e. The zero-order valence-electron chi connectivity index (χ0n) is 20.0. The molecule has 1 amide bonds. The molecular weight excluding hydrogens is 454 g/mol. The van der Waals surface area contributed by atoms with Crippen molar-refractivity contribution >= 4 is 5.91 Å². The smallest absolute Gasteiger partial charge is 0.255 e. The second-order valence-corrected chi connectivity index (χ2v) is 8.04. The van der Waals surface area contributed by atoms with Gasteiger partial charge in [-0.3, -0.25) is 4.79 Å². The topological polar surface area (TPSA) is 83.2 Å². The van der Waals surface area contributed by atoms with Crippen LogP contribution in [-0.4, -0.2) is 39.7 Å². The molecule has 3 aromatic carbocycles. The maximum atomic E-state index is 13.4. The normalized spacial score (nSPS) is 10.7. The summed E-state index contributed by atoms with van der Waals surface area (Å²) in [4.78, 5) is 13.4. The summed E-state index contributed by atoms with van der Waals surface area (Å²) in [5.74, 6) is 0.986. The Morgan fingerprint density at radius 2 is 1.67 bits per heavy atom. The SMILES string of the molecule is COc1ccc(-c2nn(-c3ccccc3)cc2C(=O)NCc2ccc(-n3cccn3)cc2)c(OC)c1. The number of para-hydroxylation sites is 1. The zero-order chi connectivity index (χ0) is 24.9. The third kappa shape index (κ3) is 4.69. The lowest BCUT2D eigenvalue weighted by atomic mass is 10.1. The van der Waals surface area contributed by atoms with Gasteiger partial charge in [-0.1, -0.05) is 30.3 Å². The van der Waals surface area contributed by atoms with Crippen LogP contribution < -0.4 is 14.8 Å². The van der Waals surface area contributed by atoms with Crippen LogP contribution in [0.15, 0.2) is 97.5 Å². The van der Waals surface area contributed by atoms with E-state index in [-0.39, 0.29) is 5.91 Å². The molecular formula is C28H25N5O3. The van der Waals surface area contributed by atoms with Crippen LogP contribution in [-0.2, 0) is 6.54 Å². The first-order valence-corrected chi connectivity index (χ1v) is 11.4. The van der Waals surface area contributed by atoms with E-state index < -0.39 is 0 Å². The van der Waals surface area contributed by atoms with Gasteiger partial charge in [-0.05, 0) is 48.0 Å². The van der Waals surface area contributed by atoms with E-state index in [0.29, 0.717) is 34.9 Å². The van der Waals surface area contributed by atoms with E-state index in [0.717, 1.165) is 16.9 Å². The lowest BCUT2D eigenvalue weighted by Gasteiger charge is -2.11. The summed E-state index contributed by atoms with van der Waals surface area (Å²) in [6, 6.07) is 24.9. The molecule has 5 aromatic rings. The Morgan fingerprint density at radius 3 is 2.36 bits per heavy atom. The molecule has 5 rings (SSSR count). The molecule has 0 saturated heterocycles. The number of hydrogen-bond acceptors (Lipinski definition) is 5. The minimum atomic E-state index is -0.235. The molecule has 0 aliphatic heterocycles. The third-order valence-electron chi connectivity index (χ3n) is 5.80. The minimum absolute atomic E-state index is 0.235. The molecule has 0 radical (unpaired) electrons. The van der Waals surface area contributed by atoms with Crippen LogP contribution in [0.3, 0.4) is 0 Å². The fourth-order valence-corrected chi connectivity index (χ4v) is 3.91. The van der Waals surface area contributed by atoms with Gasteiger partial charge in [0, 0.05) is 36.8 Å². The van der Waals surface area contributed by atoms with E-state index in [1.807, 2.05) is 79.0 Å². The number of carbonyl (C=O) groups excluding carboxylic acids is 1. The fourth-order valence-electron chi connectivity index (χ4n) is 3.91. The van der Waals surface area contributed by atoms with Crippen molar-refractivity contribution in [3.8, 4) is 34.1 Å². The molecule has 8 nitrogen and oxygen atoms in total. The second kappa shape index (κ2) is 10.2. The predicted octanol–water partition coefficient (Wildman–Crippen LogP) is 4.67. The van der Waals surface area contributed by atoms with Crippen LogP contribution >= 0.6 is 0 Å². The highest BCUT2D eigenvalue weighted by Crippen LogP contribution is 2.34. The molecule has 0 saturated carbocycles. The number of aromatic nitrogens is 4. The van der Waals surface area contributed by atoms with E-state index in [4.69, 9.17) is 14.6 Å². The van der Waals surface area contributed by atoms with Crippen LogP contribution in [0.25, 0.3) is 22.6 Å². The highest BCUT2D eigenvalue weighted by atomic mass is 16.5. The van der Waals surface area contributed by atoms with Gasteiger partial charge in [0.05, 0.1) is 31.2 Å². The standard InChI is InChI=1S/C28H25N5O3/c1-35-23-13-14-24(26(17-23)36-2)27-25(19-33(31-27)21-7-4-3-5-8-21)28(34)29-18-20-9-11-22(12-10-20)32-16-6-15-30-32/h3-17,19H,18H2,1-2H3,(H,29,34). The number of methoxy groups -OCH3 is 2. The van der Waals surface area contributed by atoms with Crippen molar-refractivity contribution in [2.75, 3.05) is 14.2 Å². The van der Waals surface area contributed by atoms with Gasteiger partial charge in [-0.15, -0.1) is 0 Å². The molecule has 0 aliphatic rings. The van der Waals surface area contributed by atoms with Crippen LogP contribution in [0.1, 0.15) is 15.9 Å². The highest BCUT2D eigenvalue weighted by Gasteiger charge is 2.21. The van der Waals surface area contributed by atoms with Crippen molar-refractivity contribution in [1.29, 1.82) is 0 Å². The van der Waals surface area contributed by atoms with Gasteiger partial charge in [0.15, 0.2) is 0 Å². The molecule has 36 heavy (non-hydrogen) atoms. The van der Waals surface area contributed by atoms with Crippen molar-refractivity contribution in [3.63, 3.8) is 0 Å². The molecule has 0 fully saturated rings. The van der Waals surface area contributed by atoms with E-state index in [1.165, 1.54) is 0 Å². The van der Waals surface area contributed by atoms with Gasteiger partial charge in [0.2, 0.25) is 0 Å². The van der Waals surface area contributed by atoms with Crippen molar-refractivity contribution in [3.05, 3.63) is 109 Å². The number of nitrogens with one attached hydrogen (secondary N) is 1. The average molecular weight is 480 g/mol. The maximum absolute atomic E-state index is 13.4. The van der Waals surface area contributed by atoms with Gasteiger partial charge in [0.25, 0.3) is 5.91 Å². The monoisotopic (exact) mass is 479 g/mol. The summed E-state index contributed by atoms with van der Waals surface area (Å²) in [5, 5.41) is 12.0. The van der Waals surface area contributed by atoms with Crippen molar-refractivity contribution in [2.45, 2.75) is 6.54 Å². The summed E-state index contributed by atoms with van der Waals surface area (Å²) >= 11 is 0. The molecule has 0 spiro atoms. The Hall–Kier alpha value is -4.85. The quantitative estimate of drug-likeness (QED) is 0.350. The van der Waals surface area contributed by atoms with Crippen molar-refractivity contribution in [1.82, 2.24) is 24.9 Å². The Kier molecular flexibility index (Phi) is 6.48. The van der Waals surface area contributed by atoms with Crippen LogP contribution in [0.2, 0.25) is 0 Å². The molecule has 0 aliphatic carbocycles. The third-order valence-corrected chi connectivity index (χ3v) is 5.80.